The van der Waals surface area contributed by atoms with E-state index in [2.05, 4.69) is 11.5 Å². The smallest absolute Gasteiger partial charge is 0.320 e. The second kappa shape index (κ2) is 6.19. The fourth-order valence-electron chi connectivity index (χ4n) is 3.19. The fourth-order valence-corrected chi connectivity index (χ4v) is 3.19. The van der Waals surface area contributed by atoms with Crippen LogP contribution in [-0.2, 0) is 9.59 Å². The molecule has 2 aliphatic heterocycles. The van der Waals surface area contributed by atoms with E-state index in [1.165, 1.54) is 0 Å². The zero-order valence-corrected chi connectivity index (χ0v) is 11.3. The van der Waals surface area contributed by atoms with Crippen LogP contribution in [0.4, 0.5) is 0 Å². The number of carboxylic acids is 1. The Kier molecular flexibility index (Phi) is 4.58. The summed E-state index contributed by atoms with van der Waals surface area (Å²) in [5.41, 5.74) is 0. The Morgan fingerprint density at radius 1 is 1.21 bits per heavy atom. The van der Waals surface area contributed by atoms with Crippen molar-refractivity contribution in [2.75, 3.05) is 19.6 Å². The molecule has 0 aromatic rings. The maximum atomic E-state index is 11.7. The molecule has 0 radical (unpaired) electrons. The summed E-state index contributed by atoms with van der Waals surface area (Å²) in [5.74, 6) is -0.577. The van der Waals surface area contributed by atoms with Crippen molar-refractivity contribution >= 4 is 11.9 Å². The van der Waals surface area contributed by atoms with Gasteiger partial charge in [-0.05, 0) is 32.2 Å². The standard InChI is InChI=1S/C14H22N2O3/c1-2-4-13(17)15-9-6-11(7-10-15)16-8-3-5-12(16)14(18)19/h2,11-12H,1,3-10H2,(H,18,19). The van der Waals surface area contributed by atoms with Gasteiger partial charge in [0.15, 0.2) is 0 Å². The van der Waals surface area contributed by atoms with Crippen molar-refractivity contribution in [3.63, 3.8) is 0 Å². The van der Waals surface area contributed by atoms with Crippen molar-refractivity contribution in [3.05, 3.63) is 12.7 Å². The van der Waals surface area contributed by atoms with Crippen LogP contribution in [0.3, 0.4) is 0 Å². The van der Waals surface area contributed by atoms with E-state index in [0.717, 1.165) is 45.3 Å². The van der Waals surface area contributed by atoms with Crippen LogP contribution in [0, 0.1) is 0 Å². The molecule has 2 rings (SSSR count). The molecule has 2 fully saturated rings. The summed E-state index contributed by atoms with van der Waals surface area (Å²) in [6.07, 6.45) is 5.51. The van der Waals surface area contributed by atoms with Gasteiger partial charge in [-0.25, -0.2) is 0 Å². The maximum Gasteiger partial charge on any atom is 0.320 e. The number of nitrogens with zero attached hydrogens (tertiary/aromatic N) is 2. The lowest BCUT2D eigenvalue weighted by atomic mass is 10.0. The number of piperidine rings is 1. The zero-order chi connectivity index (χ0) is 13.8. The Morgan fingerprint density at radius 2 is 1.89 bits per heavy atom. The summed E-state index contributed by atoms with van der Waals surface area (Å²) in [6.45, 7) is 5.93. The van der Waals surface area contributed by atoms with Crippen molar-refractivity contribution in [1.29, 1.82) is 0 Å². The highest BCUT2D eigenvalue weighted by atomic mass is 16.4. The largest absolute Gasteiger partial charge is 0.480 e. The van der Waals surface area contributed by atoms with Crippen molar-refractivity contribution in [2.24, 2.45) is 0 Å². The molecule has 0 aliphatic carbocycles. The lowest BCUT2D eigenvalue weighted by Gasteiger charge is -2.38. The van der Waals surface area contributed by atoms with E-state index in [9.17, 15) is 14.7 Å². The highest BCUT2D eigenvalue weighted by Gasteiger charge is 2.36. The molecule has 1 N–H and O–H groups in total. The summed E-state index contributed by atoms with van der Waals surface area (Å²) in [4.78, 5) is 26.9. The van der Waals surface area contributed by atoms with Crippen molar-refractivity contribution in [1.82, 2.24) is 9.80 Å². The van der Waals surface area contributed by atoms with Gasteiger partial charge in [-0.2, -0.15) is 0 Å². The lowest BCUT2D eigenvalue weighted by molar-refractivity contribution is -0.144. The Hall–Kier alpha value is -1.36. The summed E-state index contributed by atoms with van der Waals surface area (Å²) < 4.78 is 0. The van der Waals surface area contributed by atoms with Crippen LogP contribution in [-0.4, -0.2) is 58.5 Å². The van der Waals surface area contributed by atoms with E-state index in [4.69, 9.17) is 0 Å². The predicted molar refractivity (Wildman–Crippen MR) is 71.8 cm³/mol. The number of amides is 1. The van der Waals surface area contributed by atoms with E-state index >= 15 is 0 Å². The summed E-state index contributed by atoms with van der Waals surface area (Å²) in [7, 11) is 0. The fraction of sp³-hybridized carbons (Fsp3) is 0.714. The molecule has 0 aromatic carbocycles. The Morgan fingerprint density at radius 3 is 2.47 bits per heavy atom. The third-order valence-corrected chi connectivity index (χ3v) is 4.18. The molecule has 5 heteroatoms. The maximum absolute atomic E-state index is 11.7. The topological polar surface area (TPSA) is 60.9 Å². The molecule has 2 aliphatic rings. The van der Waals surface area contributed by atoms with Crippen LogP contribution in [0.5, 0.6) is 0 Å². The molecule has 1 amide bonds. The number of aliphatic carboxylic acids is 1. The Labute approximate surface area is 113 Å². The first kappa shape index (κ1) is 14.1. The number of carbonyl (C=O) groups excluding carboxylic acids is 1. The molecular weight excluding hydrogens is 244 g/mol. The van der Waals surface area contributed by atoms with Crippen LogP contribution >= 0.6 is 0 Å². The number of carboxylic acid groups (broad SMARTS) is 1. The molecule has 19 heavy (non-hydrogen) atoms. The second-order valence-electron chi connectivity index (χ2n) is 5.34. The molecular formula is C14H22N2O3. The first-order valence-corrected chi connectivity index (χ1v) is 7.00. The van der Waals surface area contributed by atoms with E-state index in [-0.39, 0.29) is 11.9 Å². The summed E-state index contributed by atoms with van der Waals surface area (Å²) in [6, 6.07) is -0.00296. The lowest BCUT2D eigenvalue weighted by Crippen LogP contribution is -2.49. The van der Waals surface area contributed by atoms with Gasteiger partial charge in [0.05, 0.1) is 0 Å². The van der Waals surface area contributed by atoms with Gasteiger partial charge in [-0.15, -0.1) is 6.58 Å². The zero-order valence-electron chi connectivity index (χ0n) is 11.3. The number of carbonyl (C=O) groups is 2. The highest BCUT2D eigenvalue weighted by Crippen LogP contribution is 2.26. The monoisotopic (exact) mass is 266 g/mol. The van der Waals surface area contributed by atoms with E-state index < -0.39 is 5.97 Å². The molecule has 2 heterocycles. The van der Waals surface area contributed by atoms with Gasteiger partial charge < -0.3 is 10.0 Å². The van der Waals surface area contributed by atoms with Gasteiger partial charge in [0.25, 0.3) is 0 Å². The summed E-state index contributed by atoms with van der Waals surface area (Å²) >= 11 is 0. The minimum absolute atomic E-state index is 0.129. The van der Waals surface area contributed by atoms with Crippen LogP contribution in [0.25, 0.3) is 0 Å². The Balaban J connectivity index is 1.87. The van der Waals surface area contributed by atoms with E-state index in [1.54, 1.807) is 6.08 Å². The molecule has 1 unspecified atom stereocenters. The van der Waals surface area contributed by atoms with Gasteiger partial charge in [0, 0.05) is 25.6 Å². The number of likely N-dealkylation sites (tertiary alicyclic amines) is 2. The summed E-state index contributed by atoms with van der Waals surface area (Å²) in [5, 5.41) is 9.21. The third kappa shape index (κ3) is 3.15. The van der Waals surface area contributed by atoms with Gasteiger partial charge in [0.2, 0.25) is 5.91 Å². The van der Waals surface area contributed by atoms with Crippen LogP contribution in [0.2, 0.25) is 0 Å². The van der Waals surface area contributed by atoms with Gasteiger partial charge >= 0.3 is 5.97 Å². The van der Waals surface area contributed by atoms with Crippen LogP contribution in [0.15, 0.2) is 12.7 Å². The van der Waals surface area contributed by atoms with E-state index in [0.29, 0.717) is 12.5 Å². The van der Waals surface area contributed by atoms with Gasteiger partial charge in [0.1, 0.15) is 6.04 Å². The molecule has 0 bridgehead atoms. The quantitative estimate of drug-likeness (QED) is 0.774. The minimum Gasteiger partial charge on any atom is -0.480 e. The highest BCUT2D eigenvalue weighted by molar-refractivity contribution is 5.77. The minimum atomic E-state index is -0.706. The first-order valence-electron chi connectivity index (χ1n) is 7.00. The van der Waals surface area contributed by atoms with Crippen molar-refractivity contribution in [3.8, 4) is 0 Å². The van der Waals surface area contributed by atoms with Gasteiger partial charge in [-0.3, -0.25) is 14.5 Å². The average Bonchev–Trinajstić information content (AvgIpc) is 2.88. The average molecular weight is 266 g/mol. The molecule has 1 atom stereocenters. The predicted octanol–water partition coefficient (Wildman–Crippen LogP) is 1.10. The molecule has 106 valence electrons. The van der Waals surface area contributed by atoms with Gasteiger partial charge in [-0.1, -0.05) is 6.08 Å². The van der Waals surface area contributed by atoms with Crippen molar-refractivity contribution < 1.29 is 14.7 Å². The molecule has 0 aromatic heterocycles. The Bertz CT molecular complexity index is 362. The van der Waals surface area contributed by atoms with E-state index in [1.807, 2.05) is 4.90 Å². The number of rotatable bonds is 4. The molecule has 2 saturated heterocycles. The van der Waals surface area contributed by atoms with Crippen LogP contribution in [0.1, 0.15) is 32.1 Å². The number of hydrogen-bond acceptors (Lipinski definition) is 3. The molecule has 5 nitrogen and oxygen atoms in total. The van der Waals surface area contributed by atoms with Crippen LogP contribution < -0.4 is 0 Å². The second-order valence-corrected chi connectivity index (χ2v) is 5.34. The molecule has 0 spiro atoms. The number of hydrogen-bond donors (Lipinski definition) is 1. The SMILES string of the molecule is C=CCC(=O)N1CCC(N2CCCC2C(=O)O)CC1. The van der Waals surface area contributed by atoms with Crippen molar-refractivity contribution in [2.45, 2.75) is 44.2 Å². The normalized spacial score (nSPS) is 25.5. The third-order valence-electron chi connectivity index (χ3n) is 4.18. The first-order chi connectivity index (χ1) is 9.13. The molecule has 0 saturated carbocycles.